The lowest BCUT2D eigenvalue weighted by Crippen LogP contribution is -2.35. The zero-order chi connectivity index (χ0) is 12.8. The van der Waals surface area contributed by atoms with Crippen molar-refractivity contribution < 1.29 is 13.9 Å². The van der Waals surface area contributed by atoms with Crippen LogP contribution in [0.15, 0.2) is 24.3 Å². The van der Waals surface area contributed by atoms with Crippen LogP contribution in [0.4, 0.5) is 8.78 Å². The fraction of sp³-hybridized carbons (Fsp3) is 0.571. The van der Waals surface area contributed by atoms with Gasteiger partial charge in [-0.25, -0.2) is 8.78 Å². The third kappa shape index (κ3) is 2.05. The first-order valence-electron chi connectivity index (χ1n) is 6.34. The molecule has 1 nitrogen and oxygen atoms in total. The second kappa shape index (κ2) is 4.49. The molecule has 0 saturated carbocycles. The normalized spacial score (nSPS) is 35.1. The Bertz CT molecular complexity index is 437. The molecule has 1 aromatic carbocycles. The van der Waals surface area contributed by atoms with E-state index in [1.807, 2.05) is 11.8 Å². The van der Waals surface area contributed by atoms with E-state index in [2.05, 4.69) is 0 Å². The van der Waals surface area contributed by atoms with E-state index in [-0.39, 0.29) is 5.56 Å². The minimum absolute atomic E-state index is 0.00806. The molecule has 2 aliphatic heterocycles. The number of rotatable bonds is 2. The average Bonchev–Trinajstić information content (AvgIpc) is 2.69. The molecule has 0 spiro atoms. The molecule has 2 heterocycles. The van der Waals surface area contributed by atoms with Crippen LogP contribution >= 0.6 is 11.8 Å². The number of fused-ring (bicyclic) bond motifs is 2. The Kier molecular flexibility index (Phi) is 3.10. The van der Waals surface area contributed by atoms with Crippen LogP contribution in [0.25, 0.3) is 0 Å². The second-order valence-electron chi connectivity index (χ2n) is 5.29. The zero-order valence-corrected chi connectivity index (χ0v) is 10.8. The maximum Gasteiger partial charge on any atom is 0.264 e. The van der Waals surface area contributed by atoms with Gasteiger partial charge in [0.05, 0.1) is 5.60 Å². The Labute approximate surface area is 110 Å². The van der Waals surface area contributed by atoms with Gasteiger partial charge in [0.25, 0.3) is 6.43 Å². The summed E-state index contributed by atoms with van der Waals surface area (Å²) in [4.78, 5) is 0. The van der Waals surface area contributed by atoms with Gasteiger partial charge in [-0.3, -0.25) is 0 Å². The third-order valence-electron chi connectivity index (χ3n) is 4.02. The van der Waals surface area contributed by atoms with Crippen LogP contribution in [0.5, 0.6) is 0 Å². The summed E-state index contributed by atoms with van der Waals surface area (Å²) in [6, 6.07) is 6.45. The van der Waals surface area contributed by atoms with E-state index in [0.717, 1.165) is 12.8 Å². The van der Waals surface area contributed by atoms with E-state index in [1.54, 1.807) is 18.2 Å². The Morgan fingerprint density at radius 3 is 2.39 bits per heavy atom. The smallest absolute Gasteiger partial charge is 0.264 e. The number of hydrogen-bond donors (Lipinski definition) is 1. The standard InChI is InChI=1S/C14H16F2OS/c15-13(16)11-3-1-2-4-12(11)14(17)7-9-5-6-10(8-14)18-9/h1-4,9-10,13,17H,5-8H2. The van der Waals surface area contributed by atoms with E-state index in [0.29, 0.717) is 28.9 Å². The molecule has 2 bridgehead atoms. The largest absolute Gasteiger partial charge is 0.385 e. The van der Waals surface area contributed by atoms with Crippen molar-refractivity contribution in [1.29, 1.82) is 0 Å². The number of aliphatic hydroxyl groups is 1. The molecular formula is C14H16F2OS. The van der Waals surface area contributed by atoms with Crippen LogP contribution in [-0.4, -0.2) is 15.6 Å². The van der Waals surface area contributed by atoms with E-state index in [1.165, 1.54) is 6.07 Å². The lowest BCUT2D eigenvalue weighted by Gasteiger charge is -2.37. The van der Waals surface area contributed by atoms with Crippen molar-refractivity contribution in [2.45, 2.75) is 48.2 Å². The van der Waals surface area contributed by atoms with Crippen LogP contribution in [0.1, 0.15) is 43.2 Å². The van der Waals surface area contributed by atoms with Crippen molar-refractivity contribution in [2.75, 3.05) is 0 Å². The highest BCUT2D eigenvalue weighted by molar-refractivity contribution is 8.00. The molecule has 0 aromatic heterocycles. The van der Waals surface area contributed by atoms with Crippen LogP contribution in [0.3, 0.4) is 0 Å². The van der Waals surface area contributed by atoms with Gasteiger partial charge in [0.15, 0.2) is 0 Å². The van der Waals surface area contributed by atoms with Gasteiger partial charge in [-0.05, 0) is 31.2 Å². The van der Waals surface area contributed by atoms with E-state index < -0.39 is 12.0 Å². The molecule has 2 aliphatic rings. The van der Waals surface area contributed by atoms with Gasteiger partial charge in [-0.1, -0.05) is 24.3 Å². The third-order valence-corrected chi connectivity index (χ3v) is 5.60. The van der Waals surface area contributed by atoms with Gasteiger partial charge in [-0.15, -0.1) is 0 Å². The van der Waals surface area contributed by atoms with Gasteiger partial charge in [0, 0.05) is 16.1 Å². The first kappa shape index (κ1) is 12.4. The SMILES string of the molecule is OC1(c2ccccc2C(F)F)CC2CCC(C1)S2. The molecule has 0 amide bonds. The summed E-state index contributed by atoms with van der Waals surface area (Å²) < 4.78 is 26.1. The predicted molar refractivity (Wildman–Crippen MR) is 68.9 cm³/mol. The molecule has 1 aromatic rings. The van der Waals surface area contributed by atoms with Crippen molar-refractivity contribution in [2.24, 2.45) is 0 Å². The average molecular weight is 270 g/mol. The van der Waals surface area contributed by atoms with Crippen molar-refractivity contribution in [3.8, 4) is 0 Å². The molecule has 2 fully saturated rings. The molecule has 3 rings (SSSR count). The summed E-state index contributed by atoms with van der Waals surface area (Å²) in [5, 5.41) is 11.7. The molecule has 2 saturated heterocycles. The summed E-state index contributed by atoms with van der Waals surface area (Å²) in [5.74, 6) is 0. The van der Waals surface area contributed by atoms with Crippen LogP contribution < -0.4 is 0 Å². The minimum Gasteiger partial charge on any atom is -0.385 e. The Hall–Kier alpha value is -0.610. The van der Waals surface area contributed by atoms with Gasteiger partial charge in [-0.2, -0.15) is 11.8 Å². The van der Waals surface area contributed by atoms with Crippen molar-refractivity contribution >= 4 is 11.8 Å². The second-order valence-corrected chi connectivity index (χ2v) is 6.89. The number of halogens is 2. The van der Waals surface area contributed by atoms with Crippen LogP contribution in [0.2, 0.25) is 0 Å². The lowest BCUT2D eigenvalue weighted by molar-refractivity contribution is 0.0150. The maximum atomic E-state index is 13.0. The molecule has 2 unspecified atom stereocenters. The fourth-order valence-electron chi connectivity index (χ4n) is 3.25. The zero-order valence-electron chi connectivity index (χ0n) is 9.98. The molecule has 4 heteroatoms. The first-order valence-corrected chi connectivity index (χ1v) is 7.28. The van der Waals surface area contributed by atoms with Gasteiger partial charge >= 0.3 is 0 Å². The maximum absolute atomic E-state index is 13.0. The summed E-state index contributed by atoms with van der Waals surface area (Å²) in [6.07, 6.45) is 0.913. The highest BCUT2D eigenvalue weighted by Gasteiger charge is 2.45. The molecule has 0 aliphatic carbocycles. The van der Waals surface area contributed by atoms with Crippen LogP contribution in [-0.2, 0) is 5.60 Å². The van der Waals surface area contributed by atoms with E-state index in [4.69, 9.17) is 0 Å². The van der Waals surface area contributed by atoms with E-state index in [9.17, 15) is 13.9 Å². The van der Waals surface area contributed by atoms with Gasteiger partial charge in [0.2, 0.25) is 0 Å². The van der Waals surface area contributed by atoms with Crippen molar-refractivity contribution in [3.05, 3.63) is 35.4 Å². The highest BCUT2D eigenvalue weighted by atomic mass is 32.2. The number of alkyl halides is 2. The summed E-state index contributed by atoms with van der Waals surface area (Å²) in [6.45, 7) is 0. The van der Waals surface area contributed by atoms with Crippen LogP contribution in [0, 0.1) is 0 Å². The quantitative estimate of drug-likeness (QED) is 0.880. The predicted octanol–water partition coefficient (Wildman–Crippen LogP) is 3.87. The highest BCUT2D eigenvalue weighted by Crippen LogP contribution is 2.52. The molecule has 98 valence electrons. The minimum atomic E-state index is -2.52. The Morgan fingerprint density at radius 2 is 1.78 bits per heavy atom. The Morgan fingerprint density at radius 1 is 1.17 bits per heavy atom. The monoisotopic (exact) mass is 270 g/mol. The summed E-state index contributed by atoms with van der Waals surface area (Å²) in [7, 11) is 0. The summed E-state index contributed by atoms with van der Waals surface area (Å²) in [5.41, 5.74) is -0.618. The fourth-order valence-corrected chi connectivity index (χ4v) is 5.08. The first-order chi connectivity index (χ1) is 8.58. The molecule has 2 atom stereocenters. The molecule has 0 radical (unpaired) electrons. The number of thioether (sulfide) groups is 1. The molecule has 1 N–H and O–H groups in total. The Balaban J connectivity index is 1.98. The van der Waals surface area contributed by atoms with Gasteiger partial charge < -0.3 is 5.11 Å². The topological polar surface area (TPSA) is 20.2 Å². The summed E-state index contributed by atoms with van der Waals surface area (Å²) >= 11 is 1.92. The van der Waals surface area contributed by atoms with Crippen molar-refractivity contribution in [1.82, 2.24) is 0 Å². The van der Waals surface area contributed by atoms with Gasteiger partial charge in [0.1, 0.15) is 0 Å². The molecule has 18 heavy (non-hydrogen) atoms. The van der Waals surface area contributed by atoms with E-state index >= 15 is 0 Å². The number of benzene rings is 1. The molecular weight excluding hydrogens is 254 g/mol. The van der Waals surface area contributed by atoms with Crippen molar-refractivity contribution in [3.63, 3.8) is 0 Å². The lowest BCUT2D eigenvalue weighted by atomic mass is 9.83. The number of hydrogen-bond acceptors (Lipinski definition) is 2.